The molecule has 0 aromatic heterocycles. The van der Waals surface area contributed by atoms with Gasteiger partial charge in [0.1, 0.15) is 0 Å². The topological polar surface area (TPSA) is 35.2 Å². The van der Waals surface area contributed by atoms with Crippen molar-refractivity contribution in [1.29, 1.82) is 0 Å². The molecule has 0 aromatic carbocycles. The summed E-state index contributed by atoms with van der Waals surface area (Å²) in [7, 11) is 0. The van der Waals surface area contributed by atoms with Gasteiger partial charge in [0, 0.05) is 6.04 Å². The fourth-order valence-corrected chi connectivity index (χ4v) is 0.586. The fraction of sp³-hybridized carbons (Fsp3) is 1.00. The summed E-state index contributed by atoms with van der Waals surface area (Å²) < 4.78 is 5.53. The molecule has 0 spiro atoms. The zero-order chi connectivity index (χ0) is 8.85. The third kappa shape index (κ3) is 5.22. The van der Waals surface area contributed by atoms with Crippen LogP contribution in [0.2, 0.25) is 0 Å². The van der Waals surface area contributed by atoms with E-state index in [0.717, 1.165) is 13.0 Å². The lowest BCUT2D eigenvalue weighted by atomic mass is 10.1. The quantitative estimate of drug-likeness (QED) is 0.663. The van der Waals surface area contributed by atoms with Crippen molar-refractivity contribution >= 4 is 0 Å². The van der Waals surface area contributed by atoms with Crippen LogP contribution in [0.4, 0.5) is 0 Å². The monoisotopic (exact) mass is 159 g/mol. The molecule has 0 aromatic rings. The lowest BCUT2D eigenvalue weighted by Gasteiger charge is -2.18. The Morgan fingerprint density at radius 1 is 1.27 bits per heavy atom. The van der Waals surface area contributed by atoms with Crippen LogP contribution >= 0.6 is 0 Å². The van der Waals surface area contributed by atoms with Crippen molar-refractivity contribution in [1.82, 2.24) is 0 Å². The number of hydrogen-bond acceptors (Lipinski definition) is 2. The maximum absolute atomic E-state index is 5.68. The lowest BCUT2D eigenvalue weighted by molar-refractivity contribution is 0.0377. The number of nitrogens with two attached hydrogens (primary N) is 1. The Bertz CT molecular complexity index is 93.6. The summed E-state index contributed by atoms with van der Waals surface area (Å²) in [4.78, 5) is 0. The van der Waals surface area contributed by atoms with E-state index >= 15 is 0 Å². The summed E-state index contributed by atoms with van der Waals surface area (Å²) in [6.07, 6.45) is 1.45. The maximum Gasteiger partial charge on any atom is 0.0544 e. The van der Waals surface area contributed by atoms with Gasteiger partial charge in [-0.15, -0.1) is 0 Å². The van der Waals surface area contributed by atoms with Crippen LogP contribution in [0.15, 0.2) is 0 Å². The summed E-state index contributed by atoms with van der Waals surface area (Å²) in [5.74, 6) is 0.462. The Hall–Kier alpha value is -0.0800. The number of rotatable bonds is 5. The summed E-state index contributed by atoms with van der Waals surface area (Å²) in [5, 5.41) is 0. The third-order valence-electron chi connectivity index (χ3n) is 2.12. The summed E-state index contributed by atoms with van der Waals surface area (Å²) in [5.41, 5.74) is 5.68. The molecule has 11 heavy (non-hydrogen) atoms. The van der Waals surface area contributed by atoms with Crippen LogP contribution in [0.25, 0.3) is 0 Å². The van der Waals surface area contributed by atoms with Gasteiger partial charge in [-0.3, -0.25) is 0 Å². The van der Waals surface area contributed by atoms with Gasteiger partial charge in [-0.1, -0.05) is 13.8 Å². The molecule has 0 bridgehead atoms. The molecular weight excluding hydrogens is 138 g/mol. The molecule has 0 radical (unpaired) electrons. The molecule has 3 atom stereocenters. The minimum atomic E-state index is 0.235. The zero-order valence-corrected chi connectivity index (χ0v) is 8.13. The van der Waals surface area contributed by atoms with E-state index in [1.807, 2.05) is 6.92 Å². The second-order valence-corrected chi connectivity index (χ2v) is 3.39. The molecule has 0 fully saturated rings. The first-order valence-electron chi connectivity index (χ1n) is 4.45. The Labute approximate surface area is 70.1 Å². The van der Waals surface area contributed by atoms with Crippen molar-refractivity contribution in [3.63, 3.8) is 0 Å². The van der Waals surface area contributed by atoms with E-state index in [1.54, 1.807) is 0 Å². The first-order chi connectivity index (χ1) is 5.07. The fourth-order valence-electron chi connectivity index (χ4n) is 0.586. The highest BCUT2D eigenvalue weighted by Gasteiger charge is 2.08. The van der Waals surface area contributed by atoms with Crippen LogP contribution in [0.3, 0.4) is 0 Å². The lowest BCUT2D eigenvalue weighted by Crippen LogP contribution is -2.29. The molecule has 0 amide bonds. The second-order valence-electron chi connectivity index (χ2n) is 3.39. The average Bonchev–Trinajstić information content (AvgIpc) is 1.99. The highest BCUT2D eigenvalue weighted by Crippen LogP contribution is 2.04. The highest BCUT2D eigenvalue weighted by atomic mass is 16.5. The largest absolute Gasteiger partial charge is 0.378 e. The van der Waals surface area contributed by atoms with Gasteiger partial charge >= 0.3 is 0 Å². The van der Waals surface area contributed by atoms with Gasteiger partial charge in [-0.25, -0.2) is 0 Å². The van der Waals surface area contributed by atoms with Crippen LogP contribution in [0.5, 0.6) is 0 Å². The molecule has 0 saturated carbocycles. The van der Waals surface area contributed by atoms with Crippen molar-refractivity contribution in [3.8, 4) is 0 Å². The normalized spacial score (nSPS) is 19.4. The van der Waals surface area contributed by atoms with Gasteiger partial charge in [0.25, 0.3) is 0 Å². The van der Waals surface area contributed by atoms with E-state index < -0.39 is 0 Å². The molecule has 3 unspecified atom stereocenters. The molecule has 2 nitrogen and oxygen atoms in total. The Morgan fingerprint density at radius 2 is 1.82 bits per heavy atom. The van der Waals surface area contributed by atoms with E-state index in [-0.39, 0.29) is 6.04 Å². The molecule has 2 N–H and O–H groups in total. The molecule has 68 valence electrons. The van der Waals surface area contributed by atoms with Gasteiger partial charge in [-0.2, -0.15) is 0 Å². The van der Waals surface area contributed by atoms with Crippen LogP contribution in [0.1, 0.15) is 34.1 Å². The van der Waals surface area contributed by atoms with Crippen molar-refractivity contribution in [2.75, 3.05) is 6.61 Å². The van der Waals surface area contributed by atoms with Gasteiger partial charge in [0.2, 0.25) is 0 Å². The molecular formula is C9H21NO. The van der Waals surface area contributed by atoms with Crippen molar-refractivity contribution in [3.05, 3.63) is 0 Å². The summed E-state index contributed by atoms with van der Waals surface area (Å²) in [6, 6.07) is 0.235. The average molecular weight is 159 g/mol. The minimum absolute atomic E-state index is 0.235. The van der Waals surface area contributed by atoms with Crippen LogP contribution in [-0.2, 0) is 4.74 Å². The maximum atomic E-state index is 5.68. The summed E-state index contributed by atoms with van der Waals surface area (Å²) in [6.45, 7) is 9.14. The Kier molecular flexibility index (Phi) is 5.51. The van der Waals surface area contributed by atoms with Crippen molar-refractivity contribution < 1.29 is 4.74 Å². The second kappa shape index (κ2) is 5.56. The standard InChI is InChI=1S/C9H21NO/c1-5-8(3)11-6-7(2)9(4)10/h7-9H,5-6,10H2,1-4H3. The molecule has 0 aliphatic heterocycles. The molecule has 2 heteroatoms. The Balaban J connectivity index is 3.37. The van der Waals surface area contributed by atoms with Gasteiger partial charge in [0.15, 0.2) is 0 Å². The first kappa shape index (κ1) is 10.9. The van der Waals surface area contributed by atoms with Gasteiger partial charge in [0.05, 0.1) is 12.7 Å². The molecule has 0 aliphatic carbocycles. The van der Waals surface area contributed by atoms with E-state index in [4.69, 9.17) is 10.5 Å². The molecule has 0 heterocycles. The molecule has 0 aliphatic rings. The van der Waals surface area contributed by atoms with Gasteiger partial charge in [-0.05, 0) is 26.2 Å². The SMILES string of the molecule is CCC(C)OCC(C)C(C)N. The highest BCUT2D eigenvalue weighted by molar-refractivity contribution is 4.62. The minimum Gasteiger partial charge on any atom is -0.378 e. The number of hydrogen-bond donors (Lipinski definition) is 1. The van der Waals surface area contributed by atoms with E-state index in [1.165, 1.54) is 0 Å². The first-order valence-corrected chi connectivity index (χ1v) is 4.45. The van der Waals surface area contributed by atoms with Crippen LogP contribution in [0, 0.1) is 5.92 Å². The summed E-state index contributed by atoms with van der Waals surface area (Å²) >= 11 is 0. The van der Waals surface area contributed by atoms with E-state index in [0.29, 0.717) is 12.0 Å². The van der Waals surface area contributed by atoms with E-state index in [2.05, 4.69) is 20.8 Å². The predicted octanol–water partition coefficient (Wildman–Crippen LogP) is 1.78. The predicted molar refractivity (Wildman–Crippen MR) is 48.5 cm³/mol. The Morgan fingerprint density at radius 3 is 2.18 bits per heavy atom. The van der Waals surface area contributed by atoms with E-state index in [9.17, 15) is 0 Å². The van der Waals surface area contributed by atoms with Crippen molar-refractivity contribution in [2.24, 2.45) is 11.7 Å². The molecule has 0 saturated heterocycles. The third-order valence-corrected chi connectivity index (χ3v) is 2.12. The number of ether oxygens (including phenoxy) is 1. The van der Waals surface area contributed by atoms with Gasteiger partial charge < -0.3 is 10.5 Å². The van der Waals surface area contributed by atoms with Crippen molar-refractivity contribution in [2.45, 2.75) is 46.3 Å². The van der Waals surface area contributed by atoms with Crippen LogP contribution in [-0.4, -0.2) is 18.8 Å². The van der Waals surface area contributed by atoms with Crippen LogP contribution < -0.4 is 5.73 Å². The smallest absolute Gasteiger partial charge is 0.0544 e. The molecule has 0 rings (SSSR count). The zero-order valence-electron chi connectivity index (χ0n) is 8.13.